The lowest BCUT2D eigenvalue weighted by molar-refractivity contribution is 0.251. The first-order chi connectivity index (χ1) is 8.63. The normalized spacial score (nSPS) is 23.2. The minimum Gasteiger partial charge on any atom is -0.496 e. The SMILES string of the molecule is COc1ccc(C)cc1CN1CC(CN)CC1C.Cl. The van der Waals surface area contributed by atoms with Gasteiger partial charge in [-0.3, -0.25) is 4.90 Å². The molecule has 4 heteroatoms. The molecule has 1 aliphatic rings. The van der Waals surface area contributed by atoms with Gasteiger partial charge >= 0.3 is 0 Å². The smallest absolute Gasteiger partial charge is 0.123 e. The molecule has 2 atom stereocenters. The highest BCUT2D eigenvalue weighted by Gasteiger charge is 2.28. The second kappa shape index (κ2) is 7.13. The van der Waals surface area contributed by atoms with E-state index in [0.29, 0.717) is 12.0 Å². The summed E-state index contributed by atoms with van der Waals surface area (Å²) in [5.41, 5.74) is 8.35. The second-order valence-corrected chi connectivity index (χ2v) is 5.43. The second-order valence-electron chi connectivity index (χ2n) is 5.43. The third-order valence-electron chi connectivity index (χ3n) is 3.93. The van der Waals surface area contributed by atoms with Crippen molar-refractivity contribution in [2.45, 2.75) is 32.9 Å². The minimum absolute atomic E-state index is 0. The van der Waals surface area contributed by atoms with Crippen molar-refractivity contribution >= 4 is 12.4 Å². The van der Waals surface area contributed by atoms with E-state index < -0.39 is 0 Å². The summed E-state index contributed by atoms with van der Waals surface area (Å²) in [7, 11) is 1.74. The van der Waals surface area contributed by atoms with Crippen molar-refractivity contribution in [1.82, 2.24) is 4.90 Å². The van der Waals surface area contributed by atoms with E-state index in [-0.39, 0.29) is 12.4 Å². The van der Waals surface area contributed by atoms with E-state index in [0.717, 1.165) is 25.4 Å². The summed E-state index contributed by atoms with van der Waals surface area (Å²) in [5.74, 6) is 1.64. The third-order valence-corrected chi connectivity index (χ3v) is 3.93. The van der Waals surface area contributed by atoms with Gasteiger partial charge in [0.1, 0.15) is 5.75 Å². The molecule has 0 saturated carbocycles. The van der Waals surface area contributed by atoms with Gasteiger partial charge in [0.25, 0.3) is 0 Å². The maximum Gasteiger partial charge on any atom is 0.123 e. The lowest BCUT2D eigenvalue weighted by atomic mass is 10.1. The molecule has 0 bridgehead atoms. The third kappa shape index (κ3) is 3.85. The molecule has 0 spiro atoms. The molecule has 1 aromatic carbocycles. The molecule has 0 radical (unpaired) electrons. The van der Waals surface area contributed by atoms with Crippen LogP contribution in [0.1, 0.15) is 24.5 Å². The Morgan fingerprint density at radius 1 is 1.42 bits per heavy atom. The molecule has 2 rings (SSSR count). The molecule has 0 aliphatic carbocycles. The maximum absolute atomic E-state index is 5.78. The van der Waals surface area contributed by atoms with Crippen LogP contribution in [0.5, 0.6) is 5.75 Å². The fourth-order valence-electron chi connectivity index (χ4n) is 2.86. The average Bonchev–Trinajstić information content (AvgIpc) is 2.71. The van der Waals surface area contributed by atoms with E-state index in [1.54, 1.807) is 7.11 Å². The van der Waals surface area contributed by atoms with Crippen LogP contribution < -0.4 is 10.5 Å². The van der Waals surface area contributed by atoms with Crippen LogP contribution in [0.15, 0.2) is 18.2 Å². The summed E-state index contributed by atoms with van der Waals surface area (Å²) in [6.07, 6.45) is 1.21. The van der Waals surface area contributed by atoms with Gasteiger partial charge in [-0.05, 0) is 38.8 Å². The van der Waals surface area contributed by atoms with Gasteiger partial charge in [-0.15, -0.1) is 12.4 Å². The van der Waals surface area contributed by atoms with Crippen LogP contribution in [-0.2, 0) is 6.54 Å². The first kappa shape index (κ1) is 16.3. The number of aryl methyl sites for hydroxylation is 1. The van der Waals surface area contributed by atoms with Crippen molar-refractivity contribution in [3.8, 4) is 5.75 Å². The molecule has 3 nitrogen and oxygen atoms in total. The van der Waals surface area contributed by atoms with E-state index in [1.165, 1.54) is 17.5 Å². The molecule has 0 amide bonds. The molecule has 1 saturated heterocycles. The monoisotopic (exact) mass is 284 g/mol. The molecule has 2 N–H and O–H groups in total. The number of rotatable bonds is 4. The summed E-state index contributed by atoms with van der Waals surface area (Å²) in [5, 5.41) is 0. The van der Waals surface area contributed by atoms with Gasteiger partial charge < -0.3 is 10.5 Å². The highest BCUT2D eigenvalue weighted by atomic mass is 35.5. The van der Waals surface area contributed by atoms with Crippen LogP contribution in [0.4, 0.5) is 0 Å². The molecule has 1 fully saturated rings. The van der Waals surface area contributed by atoms with Gasteiger partial charge in [-0.2, -0.15) is 0 Å². The van der Waals surface area contributed by atoms with Gasteiger partial charge in [-0.25, -0.2) is 0 Å². The molecule has 2 unspecified atom stereocenters. The van der Waals surface area contributed by atoms with E-state index >= 15 is 0 Å². The number of nitrogens with two attached hydrogens (primary N) is 1. The number of likely N-dealkylation sites (tertiary alicyclic amines) is 1. The van der Waals surface area contributed by atoms with Gasteiger partial charge in [0.2, 0.25) is 0 Å². The Hall–Kier alpha value is -0.770. The van der Waals surface area contributed by atoms with Gasteiger partial charge in [0, 0.05) is 24.7 Å². The minimum atomic E-state index is 0. The number of ether oxygens (including phenoxy) is 1. The Bertz CT molecular complexity index is 411. The van der Waals surface area contributed by atoms with Crippen LogP contribution >= 0.6 is 12.4 Å². The zero-order chi connectivity index (χ0) is 13.1. The quantitative estimate of drug-likeness (QED) is 0.924. The van der Waals surface area contributed by atoms with Crippen LogP contribution in [0.25, 0.3) is 0 Å². The van der Waals surface area contributed by atoms with E-state index in [9.17, 15) is 0 Å². The molecule has 1 aliphatic heterocycles. The standard InChI is InChI=1S/C15H24N2O.ClH/c1-11-4-5-15(18-3)14(6-11)10-17-9-13(8-16)7-12(17)2;/h4-6,12-13H,7-10,16H2,1-3H3;1H. The molecule has 1 heterocycles. The van der Waals surface area contributed by atoms with Crippen molar-refractivity contribution in [3.63, 3.8) is 0 Å². The lowest BCUT2D eigenvalue weighted by Gasteiger charge is -2.22. The molecular weight excluding hydrogens is 260 g/mol. The Balaban J connectivity index is 0.00000180. The number of halogens is 1. The average molecular weight is 285 g/mol. The highest BCUT2D eigenvalue weighted by molar-refractivity contribution is 5.85. The first-order valence-corrected chi connectivity index (χ1v) is 6.71. The zero-order valence-corrected chi connectivity index (χ0v) is 12.9. The molecule has 1 aromatic rings. The zero-order valence-electron chi connectivity index (χ0n) is 12.1. The number of benzene rings is 1. The molecule has 0 aromatic heterocycles. The fraction of sp³-hybridized carbons (Fsp3) is 0.600. The predicted octanol–water partition coefficient (Wildman–Crippen LogP) is 2.59. The Kier molecular flexibility index (Phi) is 6.11. The Morgan fingerprint density at radius 2 is 2.16 bits per heavy atom. The number of hydrogen-bond donors (Lipinski definition) is 1. The summed E-state index contributed by atoms with van der Waals surface area (Å²) in [6, 6.07) is 7.00. The number of hydrogen-bond acceptors (Lipinski definition) is 3. The van der Waals surface area contributed by atoms with E-state index in [4.69, 9.17) is 10.5 Å². The topological polar surface area (TPSA) is 38.5 Å². The fourth-order valence-corrected chi connectivity index (χ4v) is 2.86. The summed E-state index contributed by atoms with van der Waals surface area (Å²) in [4.78, 5) is 2.51. The first-order valence-electron chi connectivity index (χ1n) is 6.71. The predicted molar refractivity (Wildman–Crippen MR) is 82.0 cm³/mol. The Labute approximate surface area is 122 Å². The molecule has 19 heavy (non-hydrogen) atoms. The van der Waals surface area contributed by atoms with Gasteiger partial charge in [0.15, 0.2) is 0 Å². The van der Waals surface area contributed by atoms with Crippen molar-refractivity contribution in [1.29, 1.82) is 0 Å². The Morgan fingerprint density at radius 3 is 2.74 bits per heavy atom. The summed E-state index contributed by atoms with van der Waals surface area (Å²) < 4.78 is 5.45. The van der Waals surface area contributed by atoms with Crippen LogP contribution in [0.2, 0.25) is 0 Å². The van der Waals surface area contributed by atoms with Gasteiger partial charge in [0.05, 0.1) is 7.11 Å². The van der Waals surface area contributed by atoms with E-state index in [1.807, 2.05) is 0 Å². The highest BCUT2D eigenvalue weighted by Crippen LogP contribution is 2.27. The van der Waals surface area contributed by atoms with Crippen molar-refractivity contribution < 1.29 is 4.74 Å². The van der Waals surface area contributed by atoms with Crippen LogP contribution in [-0.4, -0.2) is 31.1 Å². The van der Waals surface area contributed by atoms with Crippen molar-refractivity contribution in [2.24, 2.45) is 11.7 Å². The largest absolute Gasteiger partial charge is 0.496 e. The van der Waals surface area contributed by atoms with Crippen molar-refractivity contribution in [3.05, 3.63) is 29.3 Å². The van der Waals surface area contributed by atoms with Gasteiger partial charge in [-0.1, -0.05) is 17.7 Å². The van der Waals surface area contributed by atoms with Crippen LogP contribution in [0.3, 0.4) is 0 Å². The summed E-state index contributed by atoms with van der Waals surface area (Å²) >= 11 is 0. The molecular formula is C15H25ClN2O. The lowest BCUT2D eigenvalue weighted by Crippen LogP contribution is -2.27. The number of nitrogens with zero attached hydrogens (tertiary/aromatic N) is 1. The van der Waals surface area contributed by atoms with Crippen molar-refractivity contribution in [2.75, 3.05) is 20.2 Å². The summed E-state index contributed by atoms with van der Waals surface area (Å²) in [6.45, 7) is 7.28. The maximum atomic E-state index is 5.78. The van der Waals surface area contributed by atoms with E-state index in [2.05, 4.69) is 36.9 Å². The van der Waals surface area contributed by atoms with Crippen LogP contribution in [0, 0.1) is 12.8 Å². The number of methoxy groups -OCH3 is 1. The molecule has 108 valence electrons.